The summed E-state index contributed by atoms with van der Waals surface area (Å²) in [6, 6.07) is 8.88. The van der Waals surface area contributed by atoms with Gasteiger partial charge in [-0.05, 0) is 51.4 Å². The first-order valence-electron chi connectivity index (χ1n) is 9.83. The van der Waals surface area contributed by atoms with Crippen molar-refractivity contribution in [3.8, 4) is 0 Å². The van der Waals surface area contributed by atoms with Crippen molar-refractivity contribution in [3.05, 3.63) is 35.4 Å². The summed E-state index contributed by atoms with van der Waals surface area (Å²) in [6.45, 7) is 8.48. The Morgan fingerprint density at radius 1 is 1.07 bits per heavy atom. The number of likely N-dealkylation sites (N-methyl/N-ethyl adjacent to an activating group) is 1. The van der Waals surface area contributed by atoms with Gasteiger partial charge in [0.05, 0.1) is 6.54 Å². The van der Waals surface area contributed by atoms with Crippen molar-refractivity contribution < 1.29 is 4.74 Å². The molecule has 1 aliphatic heterocycles. The van der Waals surface area contributed by atoms with Gasteiger partial charge in [-0.3, -0.25) is 4.99 Å². The number of aliphatic imine (C=N–C) groups is 1. The minimum Gasteiger partial charge on any atom is -0.381 e. The van der Waals surface area contributed by atoms with Gasteiger partial charge in [0.15, 0.2) is 5.96 Å². The van der Waals surface area contributed by atoms with E-state index in [9.17, 15) is 0 Å². The fraction of sp³-hybridized carbons (Fsp3) is 0.667. The van der Waals surface area contributed by atoms with Crippen molar-refractivity contribution in [2.24, 2.45) is 4.99 Å². The summed E-state index contributed by atoms with van der Waals surface area (Å²) in [5.41, 5.74) is 2.79. The Morgan fingerprint density at radius 2 is 1.67 bits per heavy atom. The van der Waals surface area contributed by atoms with Gasteiger partial charge >= 0.3 is 0 Å². The number of benzene rings is 1. The molecule has 0 atom stereocenters. The van der Waals surface area contributed by atoms with Gasteiger partial charge in [0.25, 0.3) is 0 Å². The van der Waals surface area contributed by atoms with Crippen LogP contribution in [0.1, 0.15) is 37.8 Å². The second-order valence-electron chi connectivity index (χ2n) is 7.43. The summed E-state index contributed by atoms with van der Waals surface area (Å²) in [7, 11) is 6.43. The summed E-state index contributed by atoms with van der Waals surface area (Å²) in [5.74, 6) is 0.972. The standard InChI is InChI=1S/C21H36N4O.HI/c1-6-18-8-10-19(11-9-18)16-25(5)20(22-7-2)23-17-21(24(3)4)12-14-26-15-13-21;/h8-11H,6-7,12-17H2,1-5H3,(H,22,23);1H. The molecule has 5 nitrogen and oxygen atoms in total. The first-order valence-corrected chi connectivity index (χ1v) is 9.83. The molecule has 1 N–H and O–H groups in total. The maximum absolute atomic E-state index is 5.57. The molecule has 1 heterocycles. The molecule has 0 saturated carbocycles. The highest BCUT2D eigenvalue weighted by Crippen LogP contribution is 2.26. The predicted octanol–water partition coefficient (Wildman–Crippen LogP) is 3.38. The Morgan fingerprint density at radius 3 is 2.19 bits per heavy atom. The Balaban J connectivity index is 0.00000364. The minimum absolute atomic E-state index is 0. The largest absolute Gasteiger partial charge is 0.381 e. The topological polar surface area (TPSA) is 40.1 Å². The van der Waals surface area contributed by atoms with E-state index in [0.29, 0.717) is 0 Å². The van der Waals surface area contributed by atoms with Crippen LogP contribution in [0.3, 0.4) is 0 Å². The summed E-state index contributed by atoms with van der Waals surface area (Å²) in [4.78, 5) is 9.54. The summed E-state index contributed by atoms with van der Waals surface area (Å²) < 4.78 is 5.57. The molecule has 27 heavy (non-hydrogen) atoms. The monoisotopic (exact) mass is 488 g/mol. The fourth-order valence-electron chi connectivity index (χ4n) is 3.42. The van der Waals surface area contributed by atoms with Crippen LogP contribution in [0.25, 0.3) is 0 Å². The van der Waals surface area contributed by atoms with Crippen LogP contribution >= 0.6 is 24.0 Å². The number of rotatable bonds is 7. The second-order valence-corrected chi connectivity index (χ2v) is 7.43. The van der Waals surface area contributed by atoms with Gasteiger partial charge in [0.2, 0.25) is 0 Å². The molecule has 0 aromatic heterocycles. The maximum Gasteiger partial charge on any atom is 0.194 e. The predicted molar refractivity (Wildman–Crippen MR) is 125 cm³/mol. The lowest BCUT2D eigenvalue weighted by Gasteiger charge is -2.42. The van der Waals surface area contributed by atoms with Gasteiger partial charge in [-0.2, -0.15) is 0 Å². The summed E-state index contributed by atoms with van der Waals surface area (Å²) in [5, 5.41) is 3.45. The summed E-state index contributed by atoms with van der Waals surface area (Å²) in [6.07, 6.45) is 3.15. The highest BCUT2D eigenvalue weighted by Gasteiger charge is 2.34. The average Bonchev–Trinajstić information content (AvgIpc) is 2.66. The molecule has 0 amide bonds. The number of hydrogen-bond donors (Lipinski definition) is 1. The fourth-order valence-corrected chi connectivity index (χ4v) is 3.42. The van der Waals surface area contributed by atoms with Crippen LogP contribution in [0.4, 0.5) is 0 Å². The molecule has 0 unspecified atom stereocenters. The van der Waals surface area contributed by atoms with E-state index in [0.717, 1.165) is 58.1 Å². The third-order valence-electron chi connectivity index (χ3n) is 5.44. The molecule has 6 heteroatoms. The van der Waals surface area contributed by atoms with Crippen molar-refractivity contribution in [2.45, 2.75) is 45.2 Å². The molecule has 0 bridgehead atoms. The number of aryl methyl sites for hydroxylation is 1. The number of nitrogens with zero attached hydrogens (tertiary/aromatic N) is 3. The van der Waals surface area contributed by atoms with E-state index in [4.69, 9.17) is 9.73 Å². The molecule has 1 saturated heterocycles. The van der Waals surface area contributed by atoms with E-state index in [1.165, 1.54) is 11.1 Å². The molecule has 1 fully saturated rings. The molecular weight excluding hydrogens is 451 g/mol. The van der Waals surface area contributed by atoms with E-state index in [2.05, 4.69) is 74.4 Å². The number of ether oxygens (including phenoxy) is 1. The molecule has 0 aliphatic carbocycles. The van der Waals surface area contributed by atoms with Crippen LogP contribution in [-0.4, -0.2) is 68.7 Å². The molecule has 2 rings (SSSR count). The lowest BCUT2D eigenvalue weighted by Crippen LogP contribution is -2.51. The van der Waals surface area contributed by atoms with Gasteiger partial charge < -0.3 is 19.9 Å². The zero-order chi connectivity index (χ0) is 19.0. The molecule has 0 radical (unpaired) electrons. The molecular formula is C21H37IN4O. The molecule has 1 aromatic carbocycles. The number of halogens is 1. The SMILES string of the molecule is CCNC(=NCC1(N(C)C)CCOCC1)N(C)Cc1ccc(CC)cc1.I. The van der Waals surface area contributed by atoms with Crippen LogP contribution in [0.15, 0.2) is 29.3 Å². The normalized spacial score (nSPS) is 16.7. The van der Waals surface area contributed by atoms with Crippen molar-refractivity contribution in [1.82, 2.24) is 15.1 Å². The van der Waals surface area contributed by atoms with E-state index in [1.54, 1.807) is 0 Å². The highest BCUT2D eigenvalue weighted by molar-refractivity contribution is 14.0. The second kappa shape index (κ2) is 11.9. The van der Waals surface area contributed by atoms with Gasteiger partial charge in [-0.1, -0.05) is 31.2 Å². The molecule has 154 valence electrons. The van der Waals surface area contributed by atoms with Gasteiger partial charge in [0, 0.05) is 38.9 Å². The lowest BCUT2D eigenvalue weighted by molar-refractivity contribution is -0.00262. The van der Waals surface area contributed by atoms with Gasteiger partial charge in [0.1, 0.15) is 0 Å². The third kappa shape index (κ3) is 6.91. The van der Waals surface area contributed by atoms with Crippen molar-refractivity contribution in [2.75, 3.05) is 47.4 Å². The maximum atomic E-state index is 5.57. The van der Waals surface area contributed by atoms with Gasteiger partial charge in [-0.25, -0.2) is 0 Å². The Hall–Kier alpha value is -0.860. The van der Waals surface area contributed by atoms with Crippen molar-refractivity contribution in [3.63, 3.8) is 0 Å². The van der Waals surface area contributed by atoms with E-state index >= 15 is 0 Å². The highest BCUT2D eigenvalue weighted by atomic mass is 127. The Labute approximate surface area is 182 Å². The zero-order valence-electron chi connectivity index (χ0n) is 17.6. The Kier molecular flexibility index (Phi) is 10.6. The molecule has 1 aromatic rings. The van der Waals surface area contributed by atoms with Crippen LogP contribution < -0.4 is 5.32 Å². The third-order valence-corrected chi connectivity index (χ3v) is 5.44. The average molecular weight is 488 g/mol. The van der Waals surface area contributed by atoms with Crippen LogP contribution in [0.5, 0.6) is 0 Å². The smallest absolute Gasteiger partial charge is 0.194 e. The molecule has 1 aliphatic rings. The number of nitrogens with one attached hydrogen (secondary N) is 1. The van der Waals surface area contributed by atoms with Crippen molar-refractivity contribution >= 4 is 29.9 Å². The number of guanidine groups is 1. The van der Waals surface area contributed by atoms with E-state index < -0.39 is 0 Å². The Bertz CT molecular complexity index is 568. The lowest BCUT2D eigenvalue weighted by atomic mass is 9.89. The van der Waals surface area contributed by atoms with Crippen LogP contribution in [0.2, 0.25) is 0 Å². The van der Waals surface area contributed by atoms with Gasteiger partial charge in [-0.15, -0.1) is 24.0 Å². The number of hydrogen-bond acceptors (Lipinski definition) is 3. The van der Waals surface area contributed by atoms with Crippen LogP contribution in [-0.2, 0) is 17.7 Å². The van der Waals surface area contributed by atoms with E-state index in [-0.39, 0.29) is 29.5 Å². The van der Waals surface area contributed by atoms with Crippen molar-refractivity contribution in [1.29, 1.82) is 0 Å². The first kappa shape index (κ1) is 24.2. The summed E-state index contributed by atoms with van der Waals surface area (Å²) >= 11 is 0. The molecule has 0 spiro atoms. The quantitative estimate of drug-likeness (QED) is 0.363. The van der Waals surface area contributed by atoms with Crippen LogP contribution in [0, 0.1) is 0 Å². The minimum atomic E-state index is 0. The van der Waals surface area contributed by atoms with E-state index in [1.807, 2.05) is 0 Å². The first-order chi connectivity index (χ1) is 12.5. The zero-order valence-corrected chi connectivity index (χ0v) is 20.0.